The fourth-order valence-electron chi connectivity index (χ4n) is 3.41. The molecule has 2 amide bonds. The van der Waals surface area contributed by atoms with Gasteiger partial charge < -0.3 is 15.7 Å². The van der Waals surface area contributed by atoms with Crippen molar-refractivity contribution in [1.82, 2.24) is 20.3 Å². The number of carbonyl (C=O) groups is 2. The molecule has 0 saturated heterocycles. The normalized spacial score (nSPS) is 12.2. The number of amides is 2. The van der Waals surface area contributed by atoms with Crippen LogP contribution in [0.15, 0.2) is 54.9 Å². The number of nitrogens with zero attached hydrogens (tertiary/aromatic N) is 3. The van der Waals surface area contributed by atoms with Gasteiger partial charge in [0.15, 0.2) is 16.6 Å². The topological polar surface area (TPSA) is 117 Å². The SMILES string of the molecule is CC(NC(=O)c1nc(-c2cccnc2)sc1NC(=O)c1cc(Cl)c(O)c(Cl)n1)c1ccccc1C(F)(F)F. The number of hydrogen-bond acceptors (Lipinski definition) is 7. The molecule has 0 spiro atoms. The van der Waals surface area contributed by atoms with Crippen molar-refractivity contribution in [3.63, 3.8) is 0 Å². The number of carbonyl (C=O) groups excluding carboxylic acids is 2. The standard InChI is InChI=1S/C24H16Cl2F3N5O3S/c1-11(13-6-2-3-7-14(13)24(27,28)29)31-21(37)17-23(38-22(33-17)12-5-4-8-30-10-12)34-20(36)16-9-15(25)18(35)19(26)32-16/h2-11,35H,1H3,(H,31,37)(H,34,36). The summed E-state index contributed by atoms with van der Waals surface area (Å²) in [5, 5.41) is 14.4. The molecule has 0 aliphatic carbocycles. The largest absolute Gasteiger partial charge is 0.504 e. The van der Waals surface area contributed by atoms with E-state index in [1.807, 2.05) is 0 Å². The lowest BCUT2D eigenvalue weighted by atomic mass is 10.0. The summed E-state index contributed by atoms with van der Waals surface area (Å²) >= 11 is 12.6. The first-order chi connectivity index (χ1) is 18.0. The number of anilines is 1. The fourth-order valence-corrected chi connectivity index (χ4v) is 4.79. The Balaban J connectivity index is 1.68. The van der Waals surface area contributed by atoms with E-state index < -0.39 is 40.5 Å². The van der Waals surface area contributed by atoms with Gasteiger partial charge in [-0.2, -0.15) is 13.2 Å². The molecule has 1 atom stereocenters. The van der Waals surface area contributed by atoms with Gasteiger partial charge in [-0.15, -0.1) is 0 Å². The van der Waals surface area contributed by atoms with Crippen LogP contribution in [0.1, 0.15) is 45.1 Å². The van der Waals surface area contributed by atoms with Crippen LogP contribution in [0, 0.1) is 0 Å². The average Bonchev–Trinajstić information content (AvgIpc) is 3.30. The average molecular weight is 582 g/mol. The maximum atomic E-state index is 13.5. The third-order valence-corrected chi connectivity index (χ3v) is 6.77. The van der Waals surface area contributed by atoms with E-state index in [0.717, 1.165) is 23.5 Å². The van der Waals surface area contributed by atoms with Crippen LogP contribution in [0.2, 0.25) is 10.2 Å². The van der Waals surface area contributed by atoms with Crippen LogP contribution in [0.4, 0.5) is 18.2 Å². The summed E-state index contributed by atoms with van der Waals surface area (Å²) in [5.41, 5.74) is -0.985. The zero-order valence-corrected chi connectivity index (χ0v) is 21.5. The Bertz CT molecular complexity index is 1490. The lowest BCUT2D eigenvalue weighted by molar-refractivity contribution is -0.138. The quantitative estimate of drug-likeness (QED) is 0.228. The van der Waals surface area contributed by atoms with Gasteiger partial charge in [0.2, 0.25) is 0 Å². The molecule has 0 fully saturated rings. The summed E-state index contributed by atoms with van der Waals surface area (Å²) in [6.07, 6.45) is -1.59. The molecule has 1 aromatic carbocycles. The van der Waals surface area contributed by atoms with Gasteiger partial charge in [0.1, 0.15) is 15.7 Å². The summed E-state index contributed by atoms with van der Waals surface area (Å²) in [4.78, 5) is 38.2. The van der Waals surface area contributed by atoms with Crippen molar-refractivity contribution in [2.24, 2.45) is 0 Å². The van der Waals surface area contributed by atoms with Crippen molar-refractivity contribution in [3.05, 3.63) is 87.5 Å². The van der Waals surface area contributed by atoms with Crippen LogP contribution in [0.5, 0.6) is 5.75 Å². The Labute approximate surface area is 227 Å². The summed E-state index contributed by atoms with van der Waals surface area (Å²) in [7, 11) is 0. The number of hydrogen-bond donors (Lipinski definition) is 3. The molecule has 1 unspecified atom stereocenters. The van der Waals surface area contributed by atoms with Gasteiger partial charge >= 0.3 is 6.18 Å². The van der Waals surface area contributed by atoms with E-state index in [1.165, 1.54) is 37.5 Å². The van der Waals surface area contributed by atoms with Crippen LogP contribution < -0.4 is 10.6 Å². The first-order valence-corrected chi connectivity index (χ1v) is 12.3. The maximum Gasteiger partial charge on any atom is 0.416 e. The number of aromatic hydroxyl groups is 1. The molecule has 3 aromatic heterocycles. The summed E-state index contributed by atoms with van der Waals surface area (Å²) in [6.45, 7) is 1.40. The molecule has 4 rings (SSSR count). The first-order valence-electron chi connectivity index (χ1n) is 10.7. The minimum atomic E-state index is -4.62. The molecule has 38 heavy (non-hydrogen) atoms. The van der Waals surface area contributed by atoms with Crippen molar-refractivity contribution in [3.8, 4) is 16.3 Å². The lowest BCUT2D eigenvalue weighted by Gasteiger charge is -2.19. The predicted molar refractivity (Wildman–Crippen MR) is 137 cm³/mol. The van der Waals surface area contributed by atoms with Crippen molar-refractivity contribution in [2.75, 3.05) is 5.32 Å². The van der Waals surface area contributed by atoms with E-state index in [4.69, 9.17) is 23.2 Å². The van der Waals surface area contributed by atoms with Crippen LogP contribution in [0.3, 0.4) is 0 Å². The second-order valence-electron chi connectivity index (χ2n) is 7.80. The van der Waals surface area contributed by atoms with Gasteiger partial charge in [0.05, 0.1) is 16.6 Å². The van der Waals surface area contributed by atoms with Crippen LogP contribution >= 0.6 is 34.5 Å². The zero-order chi connectivity index (χ0) is 27.6. The third-order valence-electron chi connectivity index (χ3n) is 5.19. The number of pyridine rings is 2. The highest BCUT2D eigenvalue weighted by Crippen LogP contribution is 2.36. The highest BCUT2D eigenvalue weighted by Gasteiger charge is 2.35. The molecular weight excluding hydrogens is 566 g/mol. The third kappa shape index (κ3) is 5.87. The zero-order valence-electron chi connectivity index (χ0n) is 19.2. The molecule has 14 heteroatoms. The molecule has 8 nitrogen and oxygen atoms in total. The molecule has 3 heterocycles. The Morgan fingerprint density at radius 1 is 1.08 bits per heavy atom. The molecule has 0 saturated carbocycles. The fraction of sp³-hybridized carbons (Fsp3) is 0.125. The van der Waals surface area contributed by atoms with E-state index >= 15 is 0 Å². The number of nitrogens with one attached hydrogen (secondary N) is 2. The van der Waals surface area contributed by atoms with Gasteiger partial charge in [-0.3, -0.25) is 14.6 Å². The van der Waals surface area contributed by atoms with E-state index in [-0.39, 0.29) is 27.0 Å². The molecular formula is C24H16Cl2F3N5O3S. The lowest BCUT2D eigenvalue weighted by Crippen LogP contribution is -2.29. The molecule has 4 aromatic rings. The summed E-state index contributed by atoms with van der Waals surface area (Å²) in [5.74, 6) is -2.15. The monoisotopic (exact) mass is 581 g/mol. The van der Waals surface area contributed by atoms with Gasteiger partial charge in [0, 0.05) is 18.0 Å². The summed E-state index contributed by atoms with van der Waals surface area (Å²) in [6, 6.07) is 8.24. The Kier molecular flexibility index (Phi) is 7.86. The Hall–Kier alpha value is -3.74. The number of alkyl halides is 3. The van der Waals surface area contributed by atoms with Crippen LogP contribution in [-0.2, 0) is 6.18 Å². The smallest absolute Gasteiger partial charge is 0.416 e. The predicted octanol–water partition coefficient (Wildman–Crippen LogP) is 6.37. The minimum absolute atomic E-state index is 0.00946. The van der Waals surface area contributed by atoms with Crippen molar-refractivity contribution < 1.29 is 27.9 Å². The van der Waals surface area contributed by atoms with E-state index in [9.17, 15) is 27.9 Å². The number of rotatable bonds is 6. The number of halogens is 5. The molecule has 0 aliphatic heterocycles. The second kappa shape index (κ2) is 10.9. The molecule has 0 aliphatic rings. The highest BCUT2D eigenvalue weighted by molar-refractivity contribution is 7.19. The molecule has 0 bridgehead atoms. The molecule has 0 radical (unpaired) electrons. The van der Waals surface area contributed by atoms with Crippen LogP contribution in [-0.4, -0.2) is 31.9 Å². The van der Waals surface area contributed by atoms with Gasteiger partial charge in [-0.1, -0.05) is 52.7 Å². The van der Waals surface area contributed by atoms with E-state index in [1.54, 1.807) is 12.1 Å². The second-order valence-corrected chi connectivity index (χ2v) is 9.57. The van der Waals surface area contributed by atoms with E-state index in [2.05, 4.69) is 25.6 Å². The van der Waals surface area contributed by atoms with Crippen molar-refractivity contribution in [2.45, 2.75) is 19.1 Å². The Morgan fingerprint density at radius 2 is 1.82 bits per heavy atom. The van der Waals surface area contributed by atoms with Gasteiger partial charge in [-0.25, -0.2) is 9.97 Å². The van der Waals surface area contributed by atoms with Crippen molar-refractivity contribution in [1.29, 1.82) is 0 Å². The minimum Gasteiger partial charge on any atom is -0.504 e. The van der Waals surface area contributed by atoms with Gasteiger partial charge in [0.25, 0.3) is 11.8 Å². The number of benzene rings is 1. The van der Waals surface area contributed by atoms with E-state index in [0.29, 0.717) is 10.6 Å². The Morgan fingerprint density at radius 3 is 2.47 bits per heavy atom. The summed E-state index contributed by atoms with van der Waals surface area (Å²) < 4.78 is 40.5. The highest BCUT2D eigenvalue weighted by atomic mass is 35.5. The maximum absolute atomic E-state index is 13.5. The number of thiazole rings is 1. The first kappa shape index (κ1) is 27.3. The molecule has 3 N–H and O–H groups in total. The number of aromatic nitrogens is 3. The van der Waals surface area contributed by atoms with Crippen LogP contribution in [0.25, 0.3) is 10.6 Å². The van der Waals surface area contributed by atoms with Gasteiger partial charge in [-0.05, 0) is 36.8 Å². The molecule has 196 valence electrons. The van der Waals surface area contributed by atoms with Crippen molar-refractivity contribution >= 4 is 51.4 Å².